The molecule has 6 heteroatoms. The predicted molar refractivity (Wildman–Crippen MR) is 77.7 cm³/mol. The van der Waals surface area contributed by atoms with Gasteiger partial charge in [-0.2, -0.15) is 4.31 Å². The van der Waals surface area contributed by atoms with Crippen LogP contribution < -0.4 is 4.74 Å². The van der Waals surface area contributed by atoms with Crippen LogP contribution in [-0.2, 0) is 10.0 Å². The normalized spacial score (nSPS) is 11.9. The van der Waals surface area contributed by atoms with Gasteiger partial charge in [0.25, 0.3) is 0 Å². The summed E-state index contributed by atoms with van der Waals surface area (Å²) in [6.07, 6.45) is 0.526. The summed E-state index contributed by atoms with van der Waals surface area (Å²) in [5.41, 5.74) is 0.243. The number of carbonyl (C=O) groups is 1. The highest BCUT2D eigenvalue weighted by Crippen LogP contribution is 2.24. The molecule has 112 valence electrons. The monoisotopic (exact) mass is 299 g/mol. The van der Waals surface area contributed by atoms with Crippen LogP contribution in [0.3, 0.4) is 0 Å². The van der Waals surface area contributed by atoms with Crippen molar-refractivity contribution in [2.45, 2.75) is 38.7 Å². The molecule has 0 N–H and O–H groups in total. The van der Waals surface area contributed by atoms with Crippen molar-refractivity contribution < 1.29 is 17.9 Å². The molecule has 0 amide bonds. The van der Waals surface area contributed by atoms with Gasteiger partial charge in [0.2, 0.25) is 10.0 Å². The Bertz CT molecular complexity index is 563. The number of aldehydes is 1. The largest absolute Gasteiger partial charge is 0.490 e. The molecule has 5 nitrogen and oxygen atoms in total. The highest BCUT2D eigenvalue weighted by atomic mass is 32.2. The zero-order chi connectivity index (χ0) is 15.3. The van der Waals surface area contributed by atoms with Crippen molar-refractivity contribution in [3.63, 3.8) is 0 Å². The molecule has 1 aromatic carbocycles. The average molecular weight is 299 g/mol. The van der Waals surface area contributed by atoms with Gasteiger partial charge in [-0.15, -0.1) is 0 Å². The van der Waals surface area contributed by atoms with Gasteiger partial charge < -0.3 is 4.74 Å². The third-order valence-corrected chi connectivity index (χ3v) is 4.86. The van der Waals surface area contributed by atoms with Crippen molar-refractivity contribution in [1.29, 1.82) is 0 Å². The summed E-state index contributed by atoms with van der Waals surface area (Å²) in [5.74, 6) is 0.397. The molecule has 0 fully saturated rings. The molecule has 0 aromatic heterocycles. The van der Waals surface area contributed by atoms with E-state index in [9.17, 15) is 13.2 Å². The lowest BCUT2D eigenvalue weighted by molar-refractivity contribution is 0.111. The molecule has 1 aromatic rings. The lowest BCUT2D eigenvalue weighted by atomic mass is 10.2. The first-order valence-electron chi connectivity index (χ1n) is 6.62. The minimum absolute atomic E-state index is 0.0843. The number of hydrogen-bond acceptors (Lipinski definition) is 4. The minimum Gasteiger partial charge on any atom is -0.490 e. The molecule has 0 saturated heterocycles. The zero-order valence-corrected chi connectivity index (χ0v) is 13.1. The van der Waals surface area contributed by atoms with E-state index in [0.29, 0.717) is 25.1 Å². The number of rotatable bonds is 7. The summed E-state index contributed by atoms with van der Waals surface area (Å²) in [6, 6.07) is 4.36. The molecule has 0 unspecified atom stereocenters. The summed E-state index contributed by atoms with van der Waals surface area (Å²) < 4.78 is 31.6. The Morgan fingerprint density at radius 2 is 1.85 bits per heavy atom. The smallest absolute Gasteiger partial charge is 0.243 e. The second-order valence-electron chi connectivity index (χ2n) is 4.57. The van der Waals surface area contributed by atoms with E-state index in [1.165, 1.54) is 22.5 Å². The van der Waals surface area contributed by atoms with Crippen molar-refractivity contribution in [3.8, 4) is 5.75 Å². The molecule has 0 spiro atoms. The first-order valence-corrected chi connectivity index (χ1v) is 8.06. The van der Waals surface area contributed by atoms with Gasteiger partial charge in [0.05, 0.1) is 16.6 Å². The Labute approximate surface area is 120 Å². The van der Waals surface area contributed by atoms with Crippen LogP contribution in [0.15, 0.2) is 23.1 Å². The lowest BCUT2D eigenvalue weighted by Crippen LogP contribution is -2.30. The fourth-order valence-corrected chi connectivity index (χ4v) is 3.35. The third-order valence-electron chi connectivity index (χ3n) is 2.81. The van der Waals surface area contributed by atoms with E-state index in [-0.39, 0.29) is 16.6 Å². The number of benzene rings is 1. The zero-order valence-electron chi connectivity index (χ0n) is 12.3. The Morgan fingerprint density at radius 3 is 2.30 bits per heavy atom. The van der Waals surface area contributed by atoms with Crippen LogP contribution in [0, 0.1) is 0 Å². The summed E-state index contributed by atoms with van der Waals surface area (Å²) in [6.45, 7) is 8.01. The average Bonchev–Trinajstić information content (AvgIpc) is 2.39. The molecular weight excluding hydrogens is 278 g/mol. The molecular formula is C14H21NO4S. The third kappa shape index (κ3) is 3.58. The van der Waals surface area contributed by atoms with Gasteiger partial charge in [-0.25, -0.2) is 8.42 Å². The van der Waals surface area contributed by atoms with E-state index in [0.717, 1.165) is 0 Å². The second kappa shape index (κ2) is 6.85. The molecule has 20 heavy (non-hydrogen) atoms. The standard InChI is InChI=1S/C14H21NO4S/c1-5-15(6-2)20(17,18)13-7-8-14(19-11(3)4)12(9-13)10-16/h7-11H,5-6H2,1-4H3. The number of ether oxygens (including phenoxy) is 1. The van der Waals surface area contributed by atoms with Gasteiger partial charge in [0.15, 0.2) is 6.29 Å². The van der Waals surface area contributed by atoms with Crippen LogP contribution in [-0.4, -0.2) is 38.2 Å². The van der Waals surface area contributed by atoms with Gasteiger partial charge in [-0.1, -0.05) is 13.8 Å². The van der Waals surface area contributed by atoms with Crippen LogP contribution in [0.5, 0.6) is 5.75 Å². The van der Waals surface area contributed by atoms with Crippen LogP contribution in [0.4, 0.5) is 0 Å². The maximum atomic E-state index is 12.4. The van der Waals surface area contributed by atoms with Gasteiger partial charge in [0.1, 0.15) is 5.75 Å². The first-order chi connectivity index (χ1) is 9.36. The van der Waals surface area contributed by atoms with E-state index >= 15 is 0 Å². The second-order valence-corrected chi connectivity index (χ2v) is 6.51. The van der Waals surface area contributed by atoms with E-state index in [2.05, 4.69) is 0 Å². The Morgan fingerprint density at radius 1 is 1.25 bits per heavy atom. The highest BCUT2D eigenvalue weighted by Gasteiger charge is 2.22. The van der Waals surface area contributed by atoms with Crippen molar-refractivity contribution in [2.75, 3.05) is 13.1 Å². The van der Waals surface area contributed by atoms with Crippen LogP contribution in [0.25, 0.3) is 0 Å². The highest BCUT2D eigenvalue weighted by molar-refractivity contribution is 7.89. The fourth-order valence-electron chi connectivity index (χ4n) is 1.85. The molecule has 1 rings (SSSR count). The summed E-state index contributed by atoms with van der Waals surface area (Å²) in [5, 5.41) is 0. The Kier molecular flexibility index (Phi) is 5.71. The van der Waals surface area contributed by atoms with Crippen LogP contribution in [0.2, 0.25) is 0 Å². The van der Waals surface area contributed by atoms with Crippen molar-refractivity contribution in [1.82, 2.24) is 4.31 Å². The van der Waals surface area contributed by atoms with Crippen molar-refractivity contribution in [2.24, 2.45) is 0 Å². The van der Waals surface area contributed by atoms with Gasteiger partial charge in [-0.05, 0) is 32.0 Å². The maximum absolute atomic E-state index is 12.4. The number of sulfonamides is 1. The van der Waals surface area contributed by atoms with E-state index in [1.54, 1.807) is 13.8 Å². The van der Waals surface area contributed by atoms with Gasteiger partial charge in [0, 0.05) is 13.1 Å². The van der Waals surface area contributed by atoms with Gasteiger partial charge in [-0.3, -0.25) is 4.79 Å². The SMILES string of the molecule is CCN(CC)S(=O)(=O)c1ccc(OC(C)C)c(C=O)c1. The quantitative estimate of drug-likeness (QED) is 0.725. The van der Waals surface area contributed by atoms with Crippen LogP contribution >= 0.6 is 0 Å². The topological polar surface area (TPSA) is 63.7 Å². The molecule has 0 radical (unpaired) electrons. The summed E-state index contributed by atoms with van der Waals surface area (Å²) >= 11 is 0. The molecule has 0 atom stereocenters. The maximum Gasteiger partial charge on any atom is 0.243 e. The molecule has 0 aliphatic carbocycles. The Balaban J connectivity index is 3.25. The lowest BCUT2D eigenvalue weighted by Gasteiger charge is -2.19. The van der Waals surface area contributed by atoms with E-state index < -0.39 is 10.0 Å². The summed E-state index contributed by atoms with van der Waals surface area (Å²) in [4.78, 5) is 11.2. The molecule has 0 aliphatic rings. The minimum atomic E-state index is -3.56. The predicted octanol–water partition coefficient (Wildman–Crippen LogP) is 2.32. The molecule has 0 aliphatic heterocycles. The molecule has 0 saturated carbocycles. The molecule has 0 bridgehead atoms. The van der Waals surface area contributed by atoms with Gasteiger partial charge >= 0.3 is 0 Å². The van der Waals surface area contributed by atoms with E-state index in [1.807, 2.05) is 13.8 Å². The molecule has 0 heterocycles. The van der Waals surface area contributed by atoms with Crippen molar-refractivity contribution in [3.05, 3.63) is 23.8 Å². The number of carbonyl (C=O) groups excluding carboxylic acids is 1. The van der Waals surface area contributed by atoms with E-state index in [4.69, 9.17) is 4.74 Å². The van der Waals surface area contributed by atoms with Crippen molar-refractivity contribution >= 4 is 16.3 Å². The number of hydrogen-bond donors (Lipinski definition) is 0. The summed E-state index contributed by atoms with van der Waals surface area (Å²) in [7, 11) is -3.56. The Hall–Kier alpha value is -1.40. The number of nitrogens with zero attached hydrogens (tertiary/aromatic N) is 1. The first kappa shape index (κ1) is 16.7. The fraction of sp³-hybridized carbons (Fsp3) is 0.500. The van der Waals surface area contributed by atoms with Crippen LogP contribution in [0.1, 0.15) is 38.1 Å².